The third-order valence-corrected chi connectivity index (χ3v) is 2.28. The summed E-state index contributed by atoms with van der Waals surface area (Å²) in [5.74, 6) is -0.533. The summed E-state index contributed by atoms with van der Waals surface area (Å²) in [5, 5.41) is 22.8. The van der Waals surface area contributed by atoms with Crippen LogP contribution < -0.4 is 11.1 Å². The summed E-state index contributed by atoms with van der Waals surface area (Å²) in [4.78, 5) is 0. The molecule has 0 aliphatic heterocycles. The van der Waals surface area contributed by atoms with E-state index in [0.29, 0.717) is 30.6 Å². The number of halogens is 1. The molecule has 17 heavy (non-hydrogen) atoms. The monoisotopic (exact) mass is 241 g/mol. The van der Waals surface area contributed by atoms with Gasteiger partial charge in [-0.3, -0.25) is 0 Å². The molecule has 0 bridgehead atoms. The average Bonchev–Trinajstić information content (AvgIpc) is 2.35. The van der Waals surface area contributed by atoms with Crippen LogP contribution in [0.3, 0.4) is 0 Å². The van der Waals surface area contributed by atoms with E-state index < -0.39 is 5.82 Å². The normalized spacial score (nSPS) is 11.8. The van der Waals surface area contributed by atoms with Crippen molar-refractivity contribution in [3.8, 4) is 0 Å². The van der Waals surface area contributed by atoms with Gasteiger partial charge in [0.05, 0.1) is 0 Å². The minimum atomic E-state index is -0.411. The molecule has 0 radical (unpaired) electrons. The topological polar surface area (TPSA) is 90.9 Å². The average molecular weight is 241 g/mol. The van der Waals surface area contributed by atoms with Gasteiger partial charge < -0.3 is 21.4 Å². The van der Waals surface area contributed by atoms with E-state index in [4.69, 9.17) is 16.0 Å². The molecule has 0 saturated carbocycles. The first kappa shape index (κ1) is 13.4. The van der Waals surface area contributed by atoms with Crippen molar-refractivity contribution in [3.63, 3.8) is 0 Å². The van der Waals surface area contributed by atoms with Gasteiger partial charge in [0.2, 0.25) is 0 Å². The summed E-state index contributed by atoms with van der Waals surface area (Å²) in [5.41, 5.74) is 6.18. The van der Waals surface area contributed by atoms with Crippen LogP contribution >= 0.6 is 0 Å². The van der Waals surface area contributed by atoms with Gasteiger partial charge >= 0.3 is 0 Å². The van der Waals surface area contributed by atoms with Crippen LogP contribution in [0.15, 0.2) is 23.4 Å². The van der Waals surface area contributed by atoms with Gasteiger partial charge in [-0.25, -0.2) is 4.39 Å². The van der Waals surface area contributed by atoms with Crippen LogP contribution in [0.4, 0.5) is 4.39 Å². The van der Waals surface area contributed by atoms with E-state index in [1.54, 1.807) is 12.1 Å². The standard InChI is InChI=1S/C11H16FN3O2/c12-10-6-8(11(13)15-17)2-3-9(10)7-14-4-1-5-16/h2-3,6,14,16-17H,1,4-5,7H2,(H2,13,15). The molecule has 0 amide bonds. The molecule has 0 unspecified atom stereocenters. The number of hydrogen-bond donors (Lipinski definition) is 4. The highest BCUT2D eigenvalue weighted by molar-refractivity contribution is 5.97. The molecular weight excluding hydrogens is 225 g/mol. The van der Waals surface area contributed by atoms with Crippen molar-refractivity contribution >= 4 is 5.84 Å². The summed E-state index contributed by atoms with van der Waals surface area (Å²) < 4.78 is 13.6. The lowest BCUT2D eigenvalue weighted by molar-refractivity contribution is 0.286. The van der Waals surface area contributed by atoms with Gasteiger partial charge in [-0.1, -0.05) is 17.3 Å². The van der Waals surface area contributed by atoms with E-state index in [-0.39, 0.29) is 12.4 Å². The largest absolute Gasteiger partial charge is 0.409 e. The van der Waals surface area contributed by atoms with Gasteiger partial charge in [-0.05, 0) is 19.0 Å². The quantitative estimate of drug-likeness (QED) is 0.191. The Balaban J connectivity index is 2.63. The first-order valence-electron chi connectivity index (χ1n) is 5.27. The number of nitrogens with zero attached hydrogens (tertiary/aromatic N) is 1. The summed E-state index contributed by atoms with van der Waals surface area (Å²) >= 11 is 0. The van der Waals surface area contributed by atoms with E-state index >= 15 is 0 Å². The van der Waals surface area contributed by atoms with E-state index in [2.05, 4.69) is 10.5 Å². The molecule has 1 rings (SSSR count). The van der Waals surface area contributed by atoms with Gasteiger partial charge in [-0.15, -0.1) is 0 Å². The van der Waals surface area contributed by atoms with Gasteiger partial charge in [-0.2, -0.15) is 0 Å². The molecule has 0 heterocycles. The van der Waals surface area contributed by atoms with Crippen LogP contribution in [0.2, 0.25) is 0 Å². The molecule has 0 aliphatic rings. The number of oxime groups is 1. The van der Waals surface area contributed by atoms with Crippen LogP contribution in [-0.2, 0) is 6.54 Å². The van der Waals surface area contributed by atoms with Crippen molar-refractivity contribution < 1.29 is 14.7 Å². The van der Waals surface area contributed by atoms with Crippen LogP contribution in [-0.4, -0.2) is 29.3 Å². The molecule has 6 heteroatoms. The highest BCUT2D eigenvalue weighted by Crippen LogP contribution is 2.10. The zero-order valence-corrected chi connectivity index (χ0v) is 9.36. The zero-order valence-electron chi connectivity index (χ0n) is 9.36. The third-order valence-electron chi connectivity index (χ3n) is 2.28. The molecular formula is C11H16FN3O2. The molecule has 0 saturated heterocycles. The van der Waals surface area contributed by atoms with Crippen molar-refractivity contribution in [2.24, 2.45) is 10.9 Å². The Bertz CT molecular complexity index is 396. The van der Waals surface area contributed by atoms with Crippen LogP contribution in [0.25, 0.3) is 0 Å². The second-order valence-corrected chi connectivity index (χ2v) is 3.55. The Hall–Kier alpha value is -1.66. The number of rotatable bonds is 6. The molecule has 5 nitrogen and oxygen atoms in total. The molecule has 0 aromatic heterocycles. The number of nitrogens with two attached hydrogens (primary N) is 1. The maximum absolute atomic E-state index is 13.6. The maximum Gasteiger partial charge on any atom is 0.170 e. The molecule has 0 fully saturated rings. The molecule has 0 spiro atoms. The Kier molecular flexibility index (Phi) is 5.38. The number of hydrogen-bond acceptors (Lipinski definition) is 4. The first-order valence-corrected chi connectivity index (χ1v) is 5.27. The molecule has 1 aromatic rings. The van der Waals surface area contributed by atoms with Gasteiger partial charge in [0, 0.05) is 24.3 Å². The van der Waals surface area contributed by atoms with Crippen LogP contribution in [0.1, 0.15) is 17.5 Å². The van der Waals surface area contributed by atoms with E-state index in [9.17, 15) is 4.39 Å². The second kappa shape index (κ2) is 6.82. The molecule has 0 atom stereocenters. The second-order valence-electron chi connectivity index (χ2n) is 3.55. The number of benzene rings is 1. The Morgan fingerprint density at radius 3 is 2.82 bits per heavy atom. The Morgan fingerprint density at radius 1 is 1.47 bits per heavy atom. The fourth-order valence-electron chi connectivity index (χ4n) is 1.33. The van der Waals surface area contributed by atoms with Gasteiger partial charge in [0.25, 0.3) is 0 Å². The Labute approximate surface area is 98.7 Å². The molecule has 1 aromatic carbocycles. The smallest absolute Gasteiger partial charge is 0.170 e. The highest BCUT2D eigenvalue weighted by Gasteiger charge is 2.05. The lowest BCUT2D eigenvalue weighted by Gasteiger charge is -2.06. The maximum atomic E-state index is 13.6. The predicted molar refractivity (Wildman–Crippen MR) is 62.3 cm³/mol. The number of amidine groups is 1. The molecule has 94 valence electrons. The van der Waals surface area contributed by atoms with E-state index in [1.807, 2.05) is 0 Å². The third kappa shape index (κ3) is 4.01. The predicted octanol–water partition coefficient (Wildman–Crippen LogP) is 0.392. The van der Waals surface area contributed by atoms with Crippen molar-refractivity contribution in [1.82, 2.24) is 5.32 Å². The first-order chi connectivity index (χ1) is 8.19. The van der Waals surface area contributed by atoms with Crippen molar-refractivity contribution in [2.45, 2.75) is 13.0 Å². The summed E-state index contributed by atoms with van der Waals surface area (Å²) in [7, 11) is 0. The molecule has 5 N–H and O–H groups in total. The Morgan fingerprint density at radius 2 is 2.24 bits per heavy atom. The summed E-state index contributed by atoms with van der Waals surface area (Å²) in [6.45, 7) is 1.11. The van der Waals surface area contributed by atoms with Crippen molar-refractivity contribution in [2.75, 3.05) is 13.2 Å². The number of aliphatic hydroxyl groups excluding tert-OH is 1. The lowest BCUT2D eigenvalue weighted by atomic mass is 10.1. The minimum Gasteiger partial charge on any atom is -0.409 e. The number of aliphatic hydroxyl groups is 1. The van der Waals surface area contributed by atoms with Gasteiger partial charge in [0.15, 0.2) is 5.84 Å². The fourth-order valence-corrected chi connectivity index (χ4v) is 1.33. The van der Waals surface area contributed by atoms with E-state index in [0.717, 1.165) is 0 Å². The fraction of sp³-hybridized carbons (Fsp3) is 0.364. The minimum absolute atomic E-state index is 0.109. The number of nitrogens with one attached hydrogen (secondary N) is 1. The molecule has 0 aliphatic carbocycles. The van der Waals surface area contributed by atoms with E-state index in [1.165, 1.54) is 6.07 Å². The zero-order chi connectivity index (χ0) is 12.7. The van der Waals surface area contributed by atoms with Crippen LogP contribution in [0, 0.1) is 5.82 Å². The summed E-state index contributed by atoms with van der Waals surface area (Å²) in [6, 6.07) is 4.38. The van der Waals surface area contributed by atoms with Gasteiger partial charge in [0.1, 0.15) is 5.82 Å². The van der Waals surface area contributed by atoms with Crippen LogP contribution in [0.5, 0.6) is 0 Å². The highest BCUT2D eigenvalue weighted by atomic mass is 19.1. The summed E-state index contributed by atoms with van der Waals surface area (Å²) in [6.07, 6.45) is 0.629. The van der Waals surface area contributed by atoms with Crippen molar-refractivity contribution in [3.05, 3.63) is 35.1 Å². The van der Waals surface area contributed by atoms with Crippen molar-refractivity contribution in [1.29, 1.82) is 0 Å². The SMILES string of the molecule is NC(=NO)c1ccc(CNCCCO)c(F)c1. The lowest BCUT2D eigenvalue weighted by Crippen LogP contribution is -2.18.